The molecular weight excluding hydrogens is 286 g/mol. The van der Waals surface area contributed by atoms with Gasteiger partial charge in [0.05, 0.1) is 32.5 Å². The Labute approximate surface area is 130 Å². The van der Waals surface area contributed by atoms with Gasteiger partial charge in [0.1, 0.15) is 6.61 Å². The second-order valence-corrected chi connectivity index (χ2v) is 4.89. The third kappa shape index (κ3) is 4.61. The van der Waals surface area contributed by atoms with Crippen molar-refractivity contribution in [2.24, 2.45) is 0 Å². The van der Waals surface area contributed by atoms with Crippen molar-refractivity contribution in [1.82, 2.24) is 4.90 Å². The molecule has 1 heterocycles. The SMILES string of the molecule is CCOC(=O)c1ccc(OCCN2CCOCC2)c(OC)c1. The Balaban J connectivity index is 1.91. The van der Waals surface area contributed by atoms with Gasteiger partial charge in [-0.05, 0) is 25.1 Å². The summed E-state index contributed by atoms with van der Waals surface area (Å²) in [5.41, 5.74) is 0.458. The van der Waals surface area contributed by atoms with E-state index >= 15 is 0 Å². The van der Waals surface area contributed by atoms with Gasteiger partial charge in [0.15, 0.2) is 11.5 Å². The van der Waals surface area contributed by atoms with Crippen LogP contribution in [0.5, 0.6) is 11.5 Å². The summed E-state index contributed by atoms with van der Waals surface area (Å²) in [5.74, 6) is 0.803. The van der Waals surface area contributed by atoms with Crippen LogP contribution in [0.1, 0.15) is 17.3 Å². The van der Waals surface area contributed by atoms with Crippen LogP contribution in [0.2, 0.25) is 0 Å². The summed E-state index contributed by atoms with van der Waals surface area (Å²) in [6.07, 6.45) is 0. The van der Waals surface area contributed by atoms with Crippen LogP contribution in [0.25, 0.3) is 0 Å². The number of carbonyl (C=O) groups excluding carboxylic acids is 1. The number of methoxy groups -OCH3 is 1. The second kappa shape index (κ2) is 8.60. The zero-order chi connectivity index (χ0) is 15.8. The predicted octanol–water partition coefficient (Wildman–Crippen LogP) is 1.58. The van der Waals surface area contributed by atoms with Gasteiger partial charge >= 0.3 is 5.97 Å². The third-order valence-corrected chi connectivity index (χ3v) is 3.44. The first-order valence-corrected chi connectivity index (χ1v) is 7.52. The second-order valence-electron chi connectivity index (χ2n) is 4.89. The van der Waals surface area contributed by atoms with Crippen molar-refractivity contribution in [1.29, 1.82) is 0 Å². The van der Waals surface area contributed by atoms with Crippen molar-refractivity contribution in [3.05, 3.63) is 23.8 Å². The maximum atomic E-state index is 11.7. The quantitative estimate of drug-likeness (QED) is 0.713. The molecule has 0 atom stereocenters. The molecule has 6 heteroatoms. The molecule has 0 bridgehead atoms. The number of nitrogens with zero attached hydrogens (tertiary/aromatic N) is 1. The van der Waals surface area contributed by atoms with E-state index in [9.17, 15) is 4.79 Å². The van der Waals surface area contributed by atoms with Crippen LogP contribution >= 0.6 is 0 Å². The van der Waals surface area contributed by atoms with Gasteiger partial charge in [-0.2, -0.15) is 0 Å². The van der Waals surface area contributed by atoms with E-state index in [4.69, 9.17) is 18.9 Å². The van der Waals surface area contributed by atoms with Gasteiger partial charge < -0.3 is 18.9 Å². The minimum Gasteiger partial charge on any atom is -0.493 e. The Kier molecular flexibility index (Phi) is 6.48. The molecule has 1 aromatic carbocycles. The van der Waals surface area contributed by atoms with E-state index in [2.05, 4.69) is 4.90 Å². The van der Waals surface area contributed by atoms with Gasteiger partial charge in [-0.25, -0.2) is 4.79 Å². The molecule has 22 heavy (non-hydrogen) atoms. The summed E-state index contributed by atoms with van der Waals surface area (Å²) in [4.78, 5) is 14.0. The smallest absolute Gasteiger partial charge is 0.338 e. The molecule has 0 aliphatic carbocycles. The van der Waals surface area contributed by atoms with Gasteiger partial charge in [0.2, 0.25) is 0 Å². The number of hydrogen-bond acceptors (Lipinski definition) is 6. The molecular formula is C16H23NO5. The lowest BCUT2D eigenvalue weighted by molar-refractivity contribution is 0.0321. The highest BCUT2D eigenvalue weighted by molar-refractivity contribution is 5.90. The normalized spacial score (nSPS) is 15.4. The lowest BCUT2D eigenvalue weighted by atomic mass is 10.2. The number of ether oxygens (including phenoxy) is 4. The molecule has 1 aliphatic rings. The molecule has 122 valence electrons. The van der Waals surface area contributed by atoms with Crippen molar-refractivity contribution >= 4 is 5.97 Å². The van der Waals surface area contributed by atoms with Crippen LogP contribution in [0.15, 0.2) is 18.2 Å². The minimum atomic E-state index is -0.360. The summed E-state index contributed by atoms with van der Waals surface area (Å²) in [5, 5.41) is 0. The number of esters is 1. The van der Waals surface area contributed by atoms with E-state index in [1.54, 1.807) is 32.2 Å². The molecule has 1 aliphatic heterocycles. The molecule has 1 saturated heterocycles. The topological polar surface area (TPSA) is 57.2 Å². The molecule has 6 nitrogen and oxygen atoms in total. The molecule has 2 rings (SSSR count). The van der Waals surface area contributed by atoms with Gasteiger partial charge in [0.25, 0.3) is 0 Å². The Hall–Kier alpha value is -1.79. The zero-order valence-electron chi connectivity index (χ0n) is 13.2. The Morgan fingerprint density at radius 2 is 2.05 bits per heavy atom. The maximum Gasteiger partial charge on any atom is 0.338 e. The Morgan fingerprint density at radius 1 is 1.27 bits per heavy atom. The molecule has 0 radical (unpaired) electrons. The lowest BCUT2D eigenvalue weighted by Gasteiger charge is -2.26. The average molecular weight is 309 g/mol. The van der Waals surface area contributed by atoms with Crippen molar-refractivity contribution in [2.75, 3.05) is 53.2 Å². The van der Waals surface area contributed by atoms with E-state index in [-0.39, 0.29) is 5.97 Å². The molecule has 0 spiro atoms. The lowest BCUT2D eigenvalue weighted by Crippen LogP contribution is -2.38. The largest absolute Gasteiger partial charge is 0.493 e. The third-order valence-electron chi connectivity index (χ3n) is 3.44. The molecule has 1 aromatic rings. The van der Waals surface area contributed by atoms with Crippen molar-refractivity contribution in [3.63, 3.8) is 0 Å². The monoisotopic (exact) mass is 309 g/mol. The molecule has 0 amide bonds. The van der Waals surface area contributed by atoms with Crippen molar-refractivity contribution in [3.8, 4) is 11.5 Å². The van der Waals surface area contributed by atoms with Crippen LogP contribution in [-0.4, -0.2) is 64.0 Å². The van der Waals surface area contributed by atoms with Gasteiger partial charge in [-0.15, -0.1) is 0 Å². The number of rotatable bonds is 7. The Morgan fingerprint density at radius 3 is 2.73 bits per heavy atom. The van der Waals surface area contributed by atoms with Crippen LogP contribution in [-0.2, 0) is 9.47 Å². The van der Waals surface area contributed by atoms with Crippen molar-refractivity contribution in [2.45, 2.75) is 6.92 Å². The average Bonchev–Trinajstić information content (AvgIpc) is 2.56. The van der Waals surface area contributed by atoms with Gasteiger partial charge in [-0.3, -0.25) is 4.90 Å². The van der Waals surface area contributed by atoms with Gasteiger partial charge in [-0.1, -0.05) is 0 Å². The van der Waals surface area contributed by atoms with E-state index < -0.39 is 0 Å². The van der Waals surface area contributed by atoms with Crippen LogP contribution in [0.3, 0.4) is 0 Å². The summed E-state index contributed by atoms with van der Waals surface area (Å²) in [6, 6.07) is 5.07. The van der Waals surface area contributed by atoms with Crippen LogP contribution in [0, 0.1) is 0 Å². The van der Waals surface area contributed by atoms with E-state index in [0.717, 1.165) is 32.8 Å². The zero-order valence-corrected chi connectivity index (χ0v) is 13.2. The highest BCUT2D eigenvalue weighted by Crippen LogP contribution is 2.28. The number of morpholine rings is 1. The first kappa shape index (κ1) is 16.6. The first-order chi connectivity index (χ1) is 10.7. The summed E-state index contributed by atoms with van der Waals surface area (Å²) in [6.45, 7) is 6.94. The molecule has 0 aromatic heterocycles. The molecule has 0 N–H and O–H groups in total. The fraction of sp³-hybridized carbons (Fsp3) is 0.562. The molecule has 0 unspecified atom stereocenters. The molecule has 0 saturated carbocycles. The van der Waals surface area contributed by atoms with E-state index in [0.29, 0.717) is 30.3 Å². The summed E-state index contributed by atoms with van der Waals surface area (Å²) < 4.78 is 21.3. The fourth-order valence-electron chi connectivity index (χ4n) is 2.24. The number of hydrogen-bond donors (Lipinski definition) is 0. The summed E-state index contributed by atoms with van der Waals surface area (Å²) >= 11 is 0. The maximum absolute atomic E-state index is 11.7. The number of benzene rings is 1. The van der Waals surface area contributed by atoms with Crippen LogP contribution in [0.4, 0.5) is 0 Å². The minimum absolute atomic E-state index is 0.346. The predicted molar refractivity (Wildman–Crippen MR) is 81.7 cm³/mol. The molecule has 1 fully saturated rings. The summed E-state index contributed by atoms with van der Waals surface area (Å²) in [7, 11) is 1.55. The Bertz CT molecular complexity index is 485. The van der Waals surface area contributed by atoms with E-state index in [1.165, 1.54) is 0 Å². The van der Waals surface area contributed by atoms with E-state index in [1.807, 2.05) is 0 Å². The van der Waals surface area contributed by atoms with Crippen molar-refractivity contribution < 1.29 is 23.7 Å². The van der Waals surface area contributed by atoms with Crippen LogP contribution < -0.4 is 9.47 Å². The number of carbonyl (C=O) groups is 1. The first-order valence-electron chi connectivity index (χ1n) is 7.52. The standard InChI is InChI=1S/C16H23NO5/c1-3-21-16(18)13-4-5-14(15(12-13)19-2)22-11-8-17-6-9-20-10-7-17/h4-5,12H,3,6-11H2,1-2H3. The highest BCUT2D eigenvalue weighted by atomic mass is 16.5. The highest BCUT2D eigenvalue weighted by Gasteiger charge is 2.13. The fourth-order valence-corrected chi connectivity index (χ4v) is 2.24. The van der Waals surface area contributed by atoms with Gasteiger partial charge in [0, 0.05) is 19.6 Å².